The molecule has 1 aliphatic rings. The molecule has 1 aromatic carbocycles. The van der Waals surface area contributed by atoms with E-state index in [9.17, 15) is 0 Å². The first-order valence-electron chi connectivity index (χ1n) is 4.96. The Morgan fingerprint density at radius 3 is 2.60 bits per heavy atom. The van der Waals surface area contributed by atoms with Crippen LogP contribution in [0, 0.1) is 0 Å². The smallest absolute Gasteiger partial charge is 0.0468 e. The summed E-state index contributed by atoms with van der Waals surface area (Å²) >= 11 is 12.0. The second kappa shape index (κ2) is 5.95. The van der Waals surface area contributed by atoms with Crippen molar-refractivity contribution in [1.29, 1.82) is 0 Å². The Bertz CT molecular complexity index is 322. The van der Waals surface area contributed by atoms with E-state index in [1.807, 2.05) is 18.2 Å². The zero-order valence-electron chi connectivity index (χ0n) is 8.30. The molecule has 1 heterocycles. The predicted molar refractivity (Wildman–Crippen MR) is 68.3 cm³/mol. The molecule has 84 valence electrons. The third kappa shape index (κ3) is 3.25. The van der Waals surface area contributed by atoms with Crippen LogP contribution < -0.4 is 5.32 Å². The Hall–Kier alpha value is 0.0500. The molecule has 1 aliphatic heterocycles. The number of rotatable bonds is 1. The molecule has 1 unspecified atom stereocenters. The van der Waals surface area contributed by atoms with Crippen molar-refractivity contribution in [3.63, 3.8) is 0 Å². The SMILES string of the molecule is Cl.Clc1ccc(C2CCCCN2)c(Cl)c1. The van der Waals surface area contributed by atoms with Crippen molar-refractivity contribution in [3.8, 4) is 0 Å². The van der Waals surface area contributed by atoms with E-state index in [1.165, 1.54) is 24.8 Å². The van der Waals surface area contributed by atoms with Gasteiger partial charge in [-0.2, -0.15) is 0 Å². The van der Waals surface area contributed by atoms with E-state index in [1.54, 1.807) is 0 Å². The highest BCUT2D eigenvalue weighted by molar-refractivity contribution is 6.35. The molecule has 4 heteroatoms. The number of hydrogen-bond acceptors (Lipinski definition) is 1. The van der Waals surface area contributed by atoms with Gasteiger partial charge in [-0.25, -0.2) is 0 Å². The summed E-state index contributed by atoms with van der Waals surface area (Å²) in [6, 6.07) is 6.15. The van der Waals surface area contributed by atoms with Gasteiger partial charge in [-0.05, 0) is 37.1 Å². The van der Waals surface area contributed by atoms with Crippen LogP contribution in [0.5, 0.6) is 0 Å². The molecule has 0 aliphatic carbocycles. The summed E-state index contributed by atoms with van der Waals surface area (Å²) in [4.78, 5) is 0. The van der Waals surface area contributed by atoms with Crippen molar-refractivity contribution in [2.45, 2.75) is 25.3 Å². The normalized spacial score (nSPS) is 20.8. The van der Waals surface area contributed by atoms with E-state index >= 15 is 0 Å². The summed E-state index contributed by atoms with van der Waals surface area (Å²) < 4.78 is 0. The fourth-order valence-electron chi connectivity index (χ4n) is 1.90. The molecule has 1 N–H and O–H groups in total. The lowest BCUT2D eigenvalue weighted by Gasteiger charge is -2.24. The maximum Gasteiger partial charge on any atom is 0.0468 e. The molecule has 0 aromatic heterocycles. The number of hydrogen-bond donors (Lipinski definition) is 1. The van der Waals surface area contributed by atoms with Gasteiger partial charge in [-0.15, -0.1) is 12.4 Å². The Kier molecular flexibility index (Phi) is 5.20. The molecule has 0 radical (unpaired) electrons. The molecule has 1 aromatic rings. The molecule has 0 amide bonds. The summed E-state index contributed by atoms with van der Waals surface area (Å²) in [6.45, 7) is 1.09. The molecule has 1 saturated heterocycles. The van der Waals surface area contributed by atoms with Crippen LogP contribution >= 0.6 is 35.6 Å². The molecule has 15 heavy (non-hydrogen) atoms. The van der Waals surface area contributed by atoms with Gasteiger partial charge in [0.2, 0.25) is 0 Å². The van der Waals surface area contributed by atoms with Crippen molar-refractivity contribution < 1.29 is 0 Å². The van der Waals surface area contributed by atoms with Gasteiger partial charge in [0, 0.05) is 16.1 Å². The van der Waals surface area contributed by atoms with E-state index in [2.05, 4.69) is 5.32 Å². The monoisotopic (exact) mass is 265 g/mol. The Morgan fingerprint density at radius 2 is 2.00 bits per heavy atom. The standard InChI is InChI=1S/C11H13Cl2N.ClH/c12-8-4-5-9(10(13)7-8)11-3-1-2-6-14-11;/h4-5,7,11,14H,1-3,6H2;1H. The molecule has 0 spiro atoms. The molecule has 2 rings (SSSR count). The maximum absolute atomic E-state index is 6.14. The van der Waals surface area contributed by atoms with Crippen LogP contribution in [0.3, 0.4) is 0 Å². The van der Waals surface area contributed by atoms with Crippen LogP contribution in [0.4, 0.5) is 0 Å². The maximum atomic E-state index is 6.14. The fraction of sp³-hybridized carbons (Fsp3) is 0.455. The van der Waals surface area contributed by atoms with Gasteiger partial charge in [-0.3, -0.25) is 0 Å². The number of halogens is 3. The van der Waals surface area contributed by atoms with Crippen molar-refractivity contribution in [3.05, 3.63) is 33.8 Å². The van der Waals surface area contributed by atoms with Crippen LogP contribution in [0.1, 0.15) is 30.9 Å². The second-order valence-corrected chi connectivity index (χ2v) is 4.51. The average molecular weight is 267 g/mol. The van der Waals surface area contributed by atoms with Gasteiger partial charge in [-0.1, -0.05) is 35.7 Å². The van der Waals surface area contributed by atoms with Crippen LogP contribution in [-0.4, -0.2) is 6.54 Å². The summed E-state index contributed by atoms with van der Waals surface area (Å²) in [7, 11) is 0. The summed E-state index contributed by atoms with van der Waals surface area (Å²) in [5, 5.41) is 4.95. The van der Waals surface area contributed by atoms with Gasteiger partial charge in [0.05, 0.1) is 0 Å². The lowest BCUT2D eigenvalue weighted by atomic mass is 9.98. The molecule has 1 atom stereocenters. The fourth-order valence-corrected chi connectivity index (χ4v) is 2.44. The van der Waals surface area contributed by atoms with Crippen molar-refractivity contribution in [1.82, 2.24) is 5.32 Å². The molecule has 0 saturated carbocycles. The minimum Gasteiger partial charge on any atom is -0.310 e. The van der Waals surface area contributed by atoms with E-state index in [0.29, 0.717) is 11.1 Å². The largest absolute Gasteiger partial charge is 0.310 e. The Labute approximate surface area is 107 Å². The van der Waals surface area contributed by atoms with Crippen LogP contribution in [0.15, 0.2) is 18.2 Å². The highest BCUT2D eigenvalue weighted by atomic mass is 35.5. The van der Waals surface area contributed by atoms with Crippen LogP contribution in [0.25, 0.3) is 0 Å². The van der Waals surface area contributed by atoms with E-state index in [-0.39, 0.29) is 12.4 Å². The summed E-state index contributed by atoms with van der Waals surface area (Å²) in [6.07, 6.45) is 3.71. The molecular weight excluding hydrogens is 252 g/mol. The number of benzene rings is 1. The van der Waals surface area contributed by atoms with Gasteiger partial charge < -0.3 is 5.32 Å². The zero-order chi connectivity index (χ0) is 9.97. The highest BCUT2D eigenvalue weighted by Gasteiger charge is 2.16. The Balaban J connectivity index is 0.00000112. The summed E-state index contributed by atoms with van der Waals surface area (Å²) in [5.41, 5.74) is 1.18. The number of nitrogens with one attached hydrogen (secondary N) is 1. The van der Waals surface area contributed by atoms with Crippen molar-refractivity contribution in [2.24, 2.45) is 0 Å². The first-order valence-corrected chi connectivity index (χ1v) is 5.71. The minimum absolute atomic E-state index is 0. The van der Waals surface area contributed by atoms with Crippen molar-refractivity contribution >= 4 is 35.6 Å². The zero-order valence-corrected chi connectivity index (χ0v) is 10.6. The average Bonchev–Trinajstić information content (AvgIpc) is 2.19. The predicted octanol–water partition coefficient (Wildman–Crippen LogP) is 4.23. The lowest BCUT2D eigenvalue weighted by Crippen LogP contribution is -2.26. The Morgan fingerprint density at radius 1 is 1.20 bits per heavy atom. The molecule has 0 bridgehead atoms. The third-order valence-electron chi connectivity index (χ3n) is 2.65. The van der Waals surface area contributed by atoms with E-state index in [0.717, 1.165) is 11.6 Å². The molecular formula is C11H14Cl3N. The first-order chi connectivity index (χ1) is 6.77. The quantitative estimate of drug-likeness (QED) is 0.802. The van der Waals surface area contributed by atoms with Crippen molar-refractivity contribution in [2.75, 3.05) is 6.54 Å². The molecule has 1 nitrogen and oxygen atoms in total. The van der Waals surface area contributed by atoms with Crippen LogP contribution in [0.2, 0.25) is 10.0 Å². The summed E-state index contributed by atoms with van der Waals surface area (Å²) in [5.74, 6) is 0. The van der Waals surface area contributed by atoms with Gasteiger partial charge in [0.15, 0.2) is 0 Å². The number of piperidine rings is 1. The second-order valence-electron chi connectivity index (χ2n) is 3.67. The highest BCUT2D eigenvalue weighted by Crippen LogP contribution is 2.30. The van der Waals surface area contributed by atoms with Gasteiger partial charge in [0.25, 0.3) is 0 Å². The lowest BCUT2D eigenvalue weighted by molar-refractivity contribution is 0.412. The minimum atomic E-state index is 0. The van der Waals surface area contributed by atoms with Gasteiger partial charge >= 0.3 is 0 Å². The molecule has 1 fully saturated rings. The third-order valence-corrected chi connectivity index (χ3v) is 3.21. The van der Waals surface area contributed by atoms with E-state index < -0.39 is 0 Å². The van der Waals surface area contributed by atoms with E-state index in [4.69, 9.17) is 23.2 Å². The first kappa shape index (κ1) is 13.1. The van der Waals surface area contributed by atoms with Crippen LogP contribution in [-0.2, 0) is 0 Å². The van der Waals surface area contributed by atoms with Gasteiger partial charge in [0.1, 0.15) is 0 Å². The topological polar surface area (TPSA) is 12.0 Å².